The van der Waals surface area contributed by atoms with E-state index in [4.69, 9.17) is 8.94 Å². The monoisotopic (exact) mass is 406 g/mol. The van der Waals surface area contributed by atoms with Crippen molar-refractivity contribution < 1.29 is 13.7 Å². The van der Waals surface area contributed by atoms with E-state index >= 15 is 0 Å². The molecule has 4 rings (SSSR count). The number of benzene rings is 1. The van der Waals surface area contributed by atoms with Gasteiger partial charge >= 0.3 is 0 Å². The standard InChI is InChI=1S/C25H30N2O3/c1-15-11-19-20(25(5,6)10-9-24(19,3)4)14-17(15)13-18-7-8-21(29-18)23(28)26-22-12-16(2)30-27-22/h7-8,11-12,14H,9-10,13H2,1-6H3,(H,26,27,28). The molecule has 2 aromatic heterocycles. The Kier molecular flexibility index (Phi) is 4.88. The lowest BCUT2D eigenvalue weighted by Crippen LogP contribution is -2.34. The summed E-state index contributed by atoms with van der Waals surface area (Å²) in [6, 6.07) is 9.96. The number of carbonyl (C=O) groups is 1. The van der Waals surface area contributed by atoms with Gasteiger partial charge in [0.2, 0.25) is 0 Å². The third-order valence-corrected chi connectivity index (χ3v) is 6.43. The molecule has 2 heterocycles. The van der Waals surface area contributed by atoms with Crippen molar-refractivity contribution in [1.82, 2.24) is 5.16 Å². The Morgan fingerprint density at radius 3 is 2.33 bits per heavy atom. The van der Waals surface area contributed by atoms with Crippen LogP contribution in [0.3, 0.4) is 0 Å². The number of aryl methyl sites for hydroxylation is 2. The van der Waals surface area contributed by atoms with E-state index in [1.165, 1.54) is 35.1 Å². The smallest absolute Gasteiger partial charge is 0.292 e. The number of hydrogen-bond donors (Lipinski definition) is 1. The van der Waals surface area contributed by atoms with Crippen molar-refractivity contribution in [1.29, 1.82) is 0 Å². The number of carbonyl (C=O) groups excluding carboxylic acids is 1. The molecule has 0 saturated carbocycles. The Balaban J connectivity index is 1.57. The highest BCUT2D eigenvalue weighted by atomic mass is 16.5. The number of hydrogen-bond acceptors (Lipinski definition) is 4. The predicted molar refractivity (Wildman–Crippen MR) is 117 cm³/mol. The van der Waals surface area contributed by atoms with E-state index in [0.29, 0.717) is 18.0 Å². The van der Waals surface area contributed by atoms with Crippen LogP contribution >= 0.6 is 0 Å². The molecule has 0 radical (unpaired) electrons. The molecule has 0 spiro atoms. The summed E-state index contributed by atoms with van der Waals surface area (Å²) in [5.74, 6) is 1.72. The summed E-state index contributed by atoms with van der Waals surface area (Å²) in [4.78, 5) is 12.4. The Labute approximate surface area is 177 Å². The molecule has 1 aliphatic carbocycles. The summed E-state index contributed by atoms with van der Waals surface area (Å²) in [6.07, 6.45) is 3.04. The van der Waals surface area contributed by atoms with Gasteiger partial charge in [-0.25, -0.2) is 0 Å². The van der Waals surface area contributed by atoms with Crippen LogP contribution in [0.2, 0.25) is 0 Å². The lowest BCUT2D eigenvalue weighted by Gasteiger charge is -2.42. The highest BCUT2D eigenvalue weighted by Crippen LogP contribution is 2.46. The summed E-state index contributed by atoms with van der Waals surface area (Å²) in [7, 11) is 0. The van der Waals surface area contributed by atoms with E-state index in [1.54, 1.807) is 19.1 Å². The van der Waals surface area contributed by atoms with E-state index in [2.05, 4.69) is 57.2 Å². The van der Waals surface area contributed by atoms with Crippen LogP contribution in [0.25, 0.3) is 0 Å². The van der Waals surface area contributed by atoms with Gasteiger partial charge in [0.25, 0.3) is 5.91 Å². The SMILES string of the molecule is Cc1cc(NC(=O)c2ccc(Cc3cc4c(cc3C)C(C)(C)CCC4(C)C)o2)no1. The molecule has 5 heteroatoms. The maximum absolute atomic E-state index is 12.4. The van der Waals surface area contributed by atoms with Crippen LogP contribution in [-0.4, -0.2) is 11.1 Å². The Hall–Kier alpha value is -2.82. The number of amides is 1. The number of aromatic nitrogens is 1. The van der Waals surface area contributed by atoms with Gasteiger partial charge in [0.15, 0.2) is 11.6 Å². The van der Waals surface area contributed by atoms with Crippen molar-refractivity contribution >= 4 is 11.7 Å². The zero-order valence-corrected chi connectivity index (χ0v) is 18.7. The zero-order chi connectivity index (χ0) is 21.7. The average Bonchev–Trinajstić information content (AvgIpc) is 3.29. The number of rotatable bonds is 4. The fourth-order valence-corrected chi connectivity index (χ4v) is 4.34. The van der Waals surface area contributed by atoms with Crippen molar-refractivity contribution in [3.05, 3.63) is 69.9 Å². The fraction of sp³-hybridized carbons (Fsp3) is 0.440. The van der Waals surface area contributed by atoms with E-state index < -0.39 is 0 Å². The number of furan rings is 1. The van der Waals surface area contributed by atoms with Gasteiger partial charge < -0.3 is 14.3 Å². The summed E-state index contributed by atoms with van der Waals surface area (Å²) in [6.45, 7) is 13.3. The van der Waals surface area contributed by atoms with Gasteiger partial charge in [0.1, 0.15) is 11.5 Å². The van der Waals surface area contributed by atoms with Crippen molar-refractivity contribution in [3.8, 4) is 0 Å². The minimum absolute atomic E-state index is 0.164. The van der Waals surface area contributed by atoms with E-state index in [1.807, 2.05) is 6.07 Å². The van der Waals surface area contributed by atoms with Crippen LogP contribution in [0, 0.1) is 13.8 Å². The topological polar surface area (TPSA) is 68.3 Å². The Morgan fingerprint density at radius 2 is 1.70 bits per heavy atom. The van der Waals surface area contributed by atoms with Gasteiger partial charge in [0, 0.05) is 12.5 Å². The molecule has 1 N–H and O–H groups in total. The highest BCUT2D eigenvalue weighted by Gasteiger charge is 2.37. The maximum Gasteiger partial charge on any atom is 0.292 e. The quantitative estimate of drug-likeness (QED) is 0.570. The number of nitrogens with one attached hydrogen (secondary N) is 1. The van der Waals surface area contributed by atoms with Gasteiger partial charge in [-0.05, 0) is 71.9 Å². The van der Waals surface area contributed by atoms with Crippen LogP contribution in [0.1, 0.15) is 84.9 Å². The van der Waals surface area contributed by atoms with Gasteiger partial charge in [-0.1, -0.05) is 45.0 Å². The zero-order valence-electron chi connectivity index (χ0n) is 18.7. The first-order valence-corrected chi connectivity index (χ1v) is 10.5. The number of nitrogens with zero attached hydrogens (tertiary/aromatic N) is 1. The molecule has 1 aromatic carbocycles. The fourth-order valence-electron chi connectivity index (χ4n) is 4.34. The second-order valence-electron chi connectivity index (χ2n) is 9.81. The second-order valence-corrected chi connectivity index (χ2v) is 9.81. The lowest BCUT2D eigenvalue weighted by atomic mass is 9.62. The van der Waals surface area contributed by atoms with Crippen LogP contribution in [0.5, 0.6) is 0 Å². The minimum atomic E-state index is -0.334. The van der Waals surface area contributed by atoms with Gasteiger partial charge in [-0.2, -0.15) is 0 Å². The summed E-state index contributed by atoms with van der Waals surface area (Å²) in [5.41, 5.74) is 5.77. The summed E-state index contributed by atoms with van der Waals surface area (Å²) >= 11 is 0. The molecule has 0 unspecified atom stereocenters. The van der Waals surface area contributed by atoms with Gasteiger partial charge in [-0.15, -0.1) is 0 Å². The second kappa shape index (κ2) is 7.15. The normalized spacial score (nSPS) is 16.9. The molecular weight excluding hydrogens is 376 g/mol. The highest BCUT2D eigenvalue weighted by molar-refractivity contribution is 6.01. The Bertz CT molecular complexity index is 1100. The van der Waals surface area contributed by atoms with Crippen molar-refractivity contribution in [2.45, 2.75) is 71.6 Å². The van der Waals surface area contributed by atoms with E-state index in [0.717, 1.165) is 5.76 Å². The first kappa shape index (κ1) is 20.5. The molecule has 0 bridgehead atoms. The van der Waals surface area contributed by atoms with Crippen LogP contribution in [0.15, 0.2) is 39.3 Å². The number of anilines is 1. The third kappa shape index (κ3) is 3.81. The number of fused-ring (bicyclic) bond motifs is 1. The maximum atomic E-state index is 12.4. The van der Waals surface area contributed by atoms with Crippen LogP contribution in [-0.2, 0) is 17.3 Å². The van der Waals surface area contributed by atoms with Crippen LogP contribution < -0.4 is 5.32 Å². The van der Waals surface area contributed by atoms with E-state index in [9.17, 15) is 4.79 Å². The molecule has 5 nitrogen and oxygen atoms in total. The molecule has 1 aliphatic rings. The molecule has 0 aliphatic heterocycles. The Morgan fingerprint density at radius 1 is 1.03 bits per heavy atom. The molecule has 3 aromatic rings. The summed E-state index contributed by atoms with van der Waals surface area (Å²) in [5, 5.41) is 6.48. The average molecular weight is 407 g/mol. The molecule has 0 atom stereocenters. The molecule has 158 valence electrons. The van der Waals surface area contributed by atoms with Crippen molar-refractivity contribution in [2.24, 2.45) is 0 Å². The molecule has 30 heavy (non-hydrogen) atoms. The van der Waals surface area contributed by atoms with E-state index in [-0.39, 0.29) is 22.5 Å². The molecule has 1 amide bonds. The minimum Gasteiger partial charge on any atom is -0.456 e. The summed E-state index contributed by atoms with van der Waals surface area (Å²) < 4.78 is 10.8. The predicted octanol–water partition coefficient (Wildman–Crippen LogP) is 6.08. The van der Waals surface area contributed by atoms with Crippen LogP contribution in [0.4, 0.5) is 5.82 Å². The first-order valence-electron chi connectivity index (χ1n) is 10.5. The lowest BCUT2D eigenvalue weighted by molar-refractivity contribution is 0.0994. The molecule has 0 fully saturated rings. The first-order chi connectivity index (χ1) is 14.0. The van der Waals surface area contributed by atoms with Gasteiger partial charge in [0.05, 0.1) is 0 Å². The van der Waals surface area contributed by atoms with Crippen molar-refractivity contribution in [2.75, 3.05) is 5.32 Å². The van der Waals surface area contributed by atoms with Crippen molar-refractivity contribution in [3.63, 3.8) is 0 Å². The molecular formula is C25H30N2O3. The van der Waals surface area contributed by atoms with Gasteiger partial charge in [-0.3, -0.25) is 4.79 Å². The third-order valence-electron chi connectivity index (χ3n) is 6.43. The molecule has 0 saturated heterocycles. The largest absolute Gasteiger partial charge is 0.456 e.